The van der Waals surface area contributed by atoms with Crippen molar-refractivity contribution in [2.45, 2.75) is 45.7 Å². The highest BCUT2D eigenvalue weighted by Crippen LogP contribution is 2.25. The second-order valence-corrected chi connectivity index (χ2v) is 5.56. The molecule has 0 radical (unpaired) electrons. The van der Waals surface area contributed by atoms with Crippen LogP contribution in [-0.2, 0) is 0 Å². The van der Waals surface area contributed by atoms with Crippen LogP contribution >= 0.6 is 0 Å². The van der Waals surface area contributed by atoms with E-state index in [-0.39, 0.29) is 6.04 Å². The predicted molar refractivity (Wildman–Crippen MR) is 87.0 cm³/mol. The van der Waals surface area contributed by atoms with E-state index in [1.807, 2.05) is 0 Å². The monoisotopic (exact) mass is 267 g/mol. The molecule has 2 aromatic rings. The molecule has 0 aliphatic carbocycles. The molecule has 1 heteroatoms. The van der Waals surface area contributed by atoms with Gasteiger partial charge in [-0.05, 0) is 37.0 Å². The van der Waals surface area contributed by atoms with Crippen molar-refractivity contribution < 1.29 is 0 Å². The number of nitrogens with one attached hydrogen (secondary N) is 1. The van der Waals surface area contributed by atoms with Crippen molar-refractivity contribution in [3.63, 3.8) is 0 Å². The highest BCUT2D eigenvalue weighted by Gasteiger charge is 2.17. The molecule has 106 valence electrons. The van der Waals surface area contributed by atoms with Crippen LogP contribution in [0.2, 0.25) is 0 Å². The predicted octanol–water partition coefficient (Wildman–Crippen LogP) is 4.86. The summed E-state index contributed by atoms with van der Waals surface area (Å²) in [7, 11) is 0. The van der Waals surface area contributed by atoms with E-state index in [0.29, 0.717) is 6.04 Å². The smallest absolute Gasteiger partial charge is 0.0581 e. The lowest BCUT2D eigenvalue weighted by atomic mass is 9.94. The SMILES string of the molecule is CCCC(C)NC(c1ccccc1)c1ccccc1C. The molecule has 0 amide bonds. The lowest BCUT2D eigenvalue weighted by Gasteiger charge is -2.25. The summed E-state index contributed by atoms with van der Waals surface area (Å²) in [5.41, 5.74) is 4.06. The molecule has 2 aromatic carbocycles. The third-order valence-electron chi connectivity index (χ3n) is 3.81. The summed E-state index contributed by atoms with van der Waals surface area (Å²) in [4.78, 5) is 0. The van der Waals surface area contributed by atoms with Crippen molar-refractivity contribution in [2.24, 2.45) is 0 Å². The van der Waals surface area contributed by atoms with Crippen LogP contribution in [0, 0.1) is 6.92 Å². The van der Waals surface area contributed by atoms with E-state index in [0.717, 1.165) is 0 Å². The number of aryl methyl sites for hydroxylation is 1. The zero-order chi connectivity index (χ0) is 14.4. The van der Waals surface area contributed by atoms with E-state index >= 15 is 0 Å². The average Bonchev–Trinajstić information content (AvgIpc) is 2.47. The molecular weight excluding hydrogens is 242 g/mol. The van der Waals surface area contributed by atoms with E-state index in [4.69, 9.17) is 0 Å². The molecule has 0 fully saturated rings. The van der Waals surface area contributed by atoms with Gasteiger partial charge in [-0.25, -0.2) is 0 Å². The molecule has 1 N–H and O–H groups in total. The summed E-state index contributed by atoms with van der Waals surface area (Å²) in [6.07, 6.45) is 2.42. The van der Waals surface area contributed by atoms with Crippen LogP contribution < -0.4 is 5.32 Å². The van der Waals surface area contributed by atoms with Crippen LogP contribution in [0.1, 0.15) is 49.4 Å². The molecule has 20 heavy (non-hydrogen) atoms. The molecule has 0 aliphatic rings. The normalized spacial score (nSPS) is 13.9. The van der Waals surface area contributed by atoms with Crippen LogP contribution in [0.4, 0.5) is 0 Å². The minimum Gasteiger partial charge on any atom is -0.304 e. The van der Waals surface area contributed by atoms with Crippen molar-refractivity contribution in [2.75, 3.05) is 0 Å². The van der Waals surface area contributed by atoms with Crippen molar-refractivity contribution >= 4 is 0 Å². The Hall–Kier alpha value is -1.60. The maximum absolute atomic E-state index is 3.79. The molecule has 0 aliphatic heterocycles. The minimum atomic E-state index is 0.277. The van der Waals surface area contributed by atoms with Crippen LogP contribution in [0.5, 0.6) is 0 Å². The fraction of sp³-hybridized carbons (Fsp3) is 0.368. The van der Waals surface area contributed by atoms with Gasteiger partial charge in [-0.1, -0.05) is 67.9 Å². The van der Waals surface area contributed by atoms with E-state index in [1.54, 1.807) is 0 Å². The van der Waals surface area contributed by atoms with Gasteiger partial charge in [0.2, 0.25) is 0 Å². The molecule has 0 bridgehead atoms. The third kappa shape index (κ3) is 3.71. The second-order valence-electron chi connectivity index (χ2n) is 5.56. The van der Waals surface area contributed by atoms with E-state index in [1.165, 1.54) is 29.5 Å². The summed E-state index contributed by atoms with van der Waals surface area (Å²) in [5, 5.41) is 3.79. The van der Waals surface area contributed by atoms with E-state index < -0.39 is 0 Å². The Morgan fingerprint density at radius 1 is 0.950 bits per heavy atom. The first-order valence-electron chi connectivity index (χ1n) is 7.59. The molecule has 2 rings (SSSR count). The highest BCUT2D eigenvalue weighted by atomic mass is 14.9. The number of benzene rings is 2. The Morgan fingerprint density at radius 2 is 1.60 bits per heavy atom. The number of rotatable bonds is 6. The van der Waals surface area contributed by atoms with Gasteiger partial charge in [0.25, 0.3) is 0 Å². The van der Waals surface area contributed by atoms with E-state index in [9.17, 15) is 0 Å². The molecule has 0 aromatic heterocycles. The Kier molecular flexibility index (Phi) is 5.37. The van der Waals surface area contributed by atoms with Crippen LogP contribution in [0.25, 0.3) is 0 Å². The van der Waals surface area contributed by atoms with Crippen LogP contribution in [-0.4, -0.2) is 6.04 Å². The first-order chi connectivity index (χ1) is 9.72. The number of hydrogen-bond acceptors (Lipinski definition) is 1. The summed E-state index contributed by atoms with van der Waals surface area (Å²) in [6, 6.07) is 20.2. The minimum absolute atomic E-state index is 0.277. The molecule has 0 saturated carbocycles. The fourth-order valence-corrected chi connectivity index (χ4v) is 2.72. The zero-order valence-electron chi connectivity index (χ0n) is 12.8. The van der Waals surface area contributed by atoms with Crippen molar-refractivity contribution in [3.05, 3.63) is 71.3 Å². The van der Waals surface area contributed by atoms with Gasteiger partial charge in [0.1, 0.15) is 0 Å². The van der Waals surface area contributed by atoms with Gasteiger partial charge in [0, 0.05) is 6.04 Å². The molecule has 0 heterocycles. The van der Waals surface area contributed by atoms with Crippen molar-refractivity contribution in [3.8, 4) is 0 Å². The second kappa shape index (κ2) is 7.25. The van der Waals surface area contributed by atoms with Crippen molar-refractivity contribution in [1.29, 1.82) is 0 Å². The molecular formula is C19H25N. The molecule has 2 unspecified atom stereocenters. The number of hydrogen-bond donors (Lipinski definition) is 1. The van der Waals surface area contributed by atoms with Crippen LogP contribution in [0.15, 0.2) is 54.6 Å². The average molecular weight is 267 g/mol. The fourth-order valence-electron chi connectivity index (χ4n) is 2.72. The molecule has 0 spiro atoms. The van der Waals surface area contributed by atoms with Crippen LogP contribution in [0.3, 0.4) is 0 Å². The summed E-state index contributed by atoms with van der Waals surface area (Å²) < 4.78 is 0. The molecule has 2 atom stereocenters. The standard InChI is InChI=1S/C19H25N/c1-4-10-16(3)20-19(17-12-6-5-7-13-17)18-14-9-8-11-15(18)2/h5-9,11-14,16,19-20H,4,10H2,1-3H3. The van der Waals surface area contributed by atoms with Gasteiger partial charge in [0.15, 0.2) is 0 Å². The van der Waals surface area contributed by atoms with Gasteiger partial charge in [-0.2, -0.15) is 0 Å². The maximum atomic E-state index is 3.79. The largest absolute Gasteiger partial charge is 0.304 e. The molecule has 0 saturated heterocycles. The first-order valence-corrected chi connectivity index (χ1v) is 7.59. The lowest BCUT2D eigenvalue weighted by molar-refractivity contribution is 0.468. The van der Waals surface area contributed by atoms with Gasteiger partial charge in [-0.3, -0.25) is 0 Å². The zero-order valence-corrected chi connectivity index (χ0v) is 12.8. The van der Waals surface area contributed by atoms with Gasteiger partial charge in [0.05, 0.1) is 6.04 Å². The third-order valence-corrected chi connectivity index (χ3v) is 3.81. The Morgan fingerprint density at radius 3 is 2.25 bits per heavy atom. The van der Waals surface area contributed by atoms with Gasteiger partial charge in [-0.15, -0.1) is 0 Å². The molecule has 1 nitrogen and oxygen atoms in total. The van der Waals surface area contributed by atoms with Crippen molar-refractivity contribution in [1.82, 2.24) is 5.32 Å². The Balaban J connectivity index is 2.32. The summed E-state index contributed by atoms with van der Waals surface area (Å²) in [5.74, 6) is 0. The summed E-state index contributed by atoms with van der Waals surface area (Å²) >= 11 is 0. The highest BCUT2D eigenvalue weighted by molar-refractivity contribution is 5.36. The maximum Gasteiger partial charge on any atom is 0.0581 e. The van der Waals surface area contributed by atoms with Gasteiger partial charge >= 0.3 is 0 Å². The Labute approximate surface area is 123 Å². The lowest BCUT2D eigenvalue weighted by Crippen LogP contribution is -2.31. The summed E-state index contributed by atoms with van der Waals surface area (Å²) in [6.45, 7) is 6.71. The first kappa shape index (κ1) is 14.8. The Bertz CT molecular complexity index is 518. The topological polar surface area (TPSA) is 12.0 Å². The quantitative estimate of drug-likeness (QED) is 0.788. The van der Waals surface area contributed by atoms with E-state index in [2.05, 4.69) is 80.7 Å². The van der Waals surface area contributed by atoms with Gasteiger partial charge < -0.3 is 5.32 Å².